The van der Waals surface area contributed by atoms with E-state index in [1.807, 2.05) is 20.8 Å². The molecule has 0 aromatic heterocycles. The molecular formula is C18H23N3O4. The second kappa shape index (κ2) is 6.48. The maximum absolute atomic E-state index is 12.5. The van der Waals surface area contributed by atoms with Gasteiger partial charge in [-0.15, -0.1) is 0 Å². The molecule has 25 heavy (non-hydrogen) atoms. The largest absolute Gasteiger partial charge is 0.444 e. The minimum atomic E-state index is -0.595. The number of nitrogens with zero attached hydrogens (tertiary/aromatic N) is 2. The zero-order chi connectivity index (χ0) is 18.2. The third-order valence-corrected chi connectivity index (χ3v) is 4.25. The Bertz CT molecular complexity index is 676. The van der Waals surface area contributed by atoms with Crippen LogP contribution in [-0.2, 0) is 4.74 Å². The van der Waals surface area contributed by atoms with Crippen molar-refractivity contribution in [3.05, 3.63) is 35.4 Å². The average molecular weight is 345 g/mol. The van der Waals surface area contributed by atoms with Gasteiger partial charge in [-0.05, 0) is 32.9 Å². The number of piperazine rings is 1. The fraction of sp³-hybridized carbons (Fsp3) is 0.500. The molecule has 1 fully saturated rings. The lowest BCUT2D eigenvalue weighted by Gasteiger charge is -2.38. The molecule has 1 atom stereocenters. The molecule has 1 N–H and O–H groups in total. The molecule has 7 nitrogen and oxygen atoms in total. The minimum Gasteiger partial charge on any atom is -0.444 e. The van der Waals surface area contributed by atoms with Gasteiger partial charge in [0.25, 0.3) is 11.8 Å². The second-order valence-electron chi connectivity index (χ2n) is 7.30. The summed E-state index contributed by atoms with van der Waals surface area (Å²) in [7, 11) is 0. The molecule has 1 unspecified atom stereocenters. The number of carbonyl (C=O) groups excluding carboxylic acids is 3. The van der Waals surface area contributed by atoms with E-state index < -0.39 is 11.7 Å². The number of nitrogens with one attached hydrogen (secondary N) is 1. The highest BCUT2D eigenvalue weighted by molar-refractivity contribution is 6.21. The molecule has 2 heterocycles. The number of rotatable bonds is 2. The van der Waals surface area contributed by atoms with Crippen molar-refractivity contribution in [3.8, 4) is 0 Å². The molecule has 2 aliphatic heterocycles. The average Bonchev–Trinajstić information content (AvgIpc) is 2.79. The summed E-state index contributed by atoms with van der Waals surface area (Å²) < 4.78 is 5.46. The smallest absolute Gasteiger partial charge is 0.410 e. The predicted molar refractivity (Wildman–Crippen MR) is 91.4 cm³/mol. The third kappa shape index (κ3) is 3.51. The van der Waals surface area contributed by atoms with Crippen LogP contribution in [0, 0.1) is 0 Å². The number of ether oxygens (including phenoxy) is 1. The van der Waals surface area contributed by atoms with Gasteiger partial charge in [-0.3, -0.25) is 14.5 Å². The number of fused-ring (bicyclic) bond motifs is 1. The van der Waals surface area contributed by atoms with Crippen LogP contribution in [0.5, 0.6) is 0 Å². The van der Waals surface area contributed by atoms with Gasteiger partial charge in [0, 0.05) is 19.6 Å². The monoisotopic (exact) mass is 345 g/mol. The van der Waals surface area contributed by atoms with Crippen molar-refractivity contribution in [3.63, 3.8) is 0 Å². The lowest BCUT2D eigenvalue weighted by atomic mass is 10.1. The fourth-order valence-corrected chi connectivity index (χ4v) is 3.10. The lowest BCUT2D eigenvalue weighted by Crippen LogP contribution is -2.58. The van der Waals surface area contributed by atoms with Crippen molar-refractivity contribution >= 4 is 17.9 Å². The fourth-order valence-electron chi connectivity index (χ4n) is 3.10. The Morgan fingerprint density at radius 3 is 2.36 bits per heavy atom. The molecule has 0 aliphatic carbocycles. The standard InChI is InChI=1S/C18H23N3O4/c1-18(2,3)25-17(24)20-9-8-19-10-12(20)11-21-15(22)13-6-4-5-7-14(13)16(21)23/h4-7,12,19H,8-11H2,1-3H3. The molecule has 3 amide bonds. The topological polar surface area (TPSA) is 79.0 Å². The molecule has 0 bridgehead atoms. The molecular weight excluding hydrogens is 322 g/mol. The molecule has 3 rings (SSSR count). The Hall–Kier alpha value is -2.41. The molecule has 0 saturated carbocycles. The predicted octanol–water partition coefficient (Wildman–Crippen LogP) is 1.49. The highest BCUT2D eigenvalue weighted by atomic mass is 16.6. The molecule has 1 saturated heterocycles. The first-order valence-corrected chi connectivity index (χ1v) is 8.43. The van der Waals surface area contributed by atoms with Crippen LogP contribution in [-0.4, -0.2) is 65.5 Å². The van der Waals surface area contributed by atoms with E-state index in [1.165, 1.54) is 4.90 Å². The summed E-state index contributed by atoms with van der Waals surface area (Å²) in [5, 5.41) is 3.21. The first kappa shape index (κ1) is 17.4. The van der Waals surface area contributed by atoms with E-state index in [-0.39, 0.29) is 24.4 Å². The molecule has 2 aliphatic rings. The first-order valence-electron chi connectivity index (χ1n) is 8.43. The quantitative estimate of drug-likeness (QED) is 0.822. The van der Waals surface area contributed by atoms with Crippen LogP contribution in [0.4, 0.5) is 4.79 Å². The van der Waals surface area contributed by atoms with Crippen molar-refractivity contribution in [2.24, 2.45) is 0 Å². The molecule has 134 valence electrons. The van der Waals surface area contributed by atoms with Gasteiger partial charge in [-0.2, -0.15) is 0 Å². The van der Waals surface area contributed by atoms with E-state index in [0.29, 0.717) is 30.8 Å². The zero-order valence-electron chi connectivity index (χ0n) is 14.7. The van der Waals surface area contributed by atoms with E-state index in [4.69, 9.17) is 4.74 Å². The summed E-state index contributed by atoms with van der Waals surface area (Å²) in [6, 6.07) is 6.47. The Labute approximate surface area is 146 Å². The Morgan fingerprint density at radius 2 is 1.80 bits per heavy atom. The van der Waals surface area contributed by atoms with Crippen LogP contribution < -0.4 is 5.32 Å². The van der Waals surface area contributed by atoms with Gasteiger partial charge in [-0.25, -0.2) is 4.79 Å². The van der Waals surface area contributed by atoms with Gasteiger partial charge in [0.2, 0.25) is 0 Å². The van der Waals surface area contributed by atoms with Gasteiger partial charge < -0.3 is 15.0 Å². The number of hydrogen-bond donors (Lipinski definition) is 1. The first-order chi connectivity index (χ1) is 11.8. The molecule has 1 aromatic carbocycles. The molecule has 0 radical (unpaired) electrons. The second-order valence-corrected chi connectivity index (χ2v) is 7.30. The van der Waals surface area contributed by atoms with E-state index in [9.17, 15) is 14.4 Å². The van der Waals surface area contributed by atoms with Crippen LogP contribution in [0.3, 0.4) is 0 Å². The summed E-state index contributed by atoms with van der Waals surface area (Å²) in [6.45, 7) is 7.22. The number of imide groups is 1. The minimum absolute atomic E-state index is 0.151. The Morgan fingerprint density at radius 1 is 1.20 bits per heavy atom. The van der Waals surface area contributed by atoms with Crippen LogP contribution in [0.1, 0.15) is 41.5 Å². The highest BCUT2D eigenvalue weighted by Crippen LogP contribution is 2.24. The molecule has 0 spiro atoms. The SMILES string of the molecule is CC(C)(C)OC(=O)N1CCNCC1CN1C(=O)c2ccccc2C1=O. The maximum atomic E-state index is 12.5. The zero-order valence-corrected chi connectivity index (χ0v) is 14.7. The van der Waals surface area contributed by atoms with E-state index >= 15 is 0 Å². The number of benzene rings is 1. The molecule has 7 heteroatoms. The van der Waals surface area contributed by atoms with Crippen LogP contribution in [0.25, 0.3) is 0 Å². The summed E-state index contributed by atoms with van der Waals surface area (Å²) in [5.41, 5.74) is 0.238. The lowest BCUT2D eigenvalue weighted by molar-refractivity contribution is 0.00784. The maximum Gasteiger partial charge on any atom is 0.410 e. The Balaban J connectivity index is 1.76. The number of hydrogen-bond acceptors (Lipinski definition) is 5. The third-order valence-electron chi connectivity index (χ3n) is 4.25. The van der Waals surface area contributed by atoms with Crippen molar-refractivity contribution in [2.45, 2.75) is 32.4 Å². The van der Waals surface area contributed by atoms with Crippen LogP contribution >= 0.6 is 0 Å². The van der Waals surface area contributed by atoms with Crippen molar-refractivity contribution in [2.75, 3.05) is 26.2 Å². The van der Waals surface area contributed by atoms with E-state index in [1.54, 1.807) is 29.2 Å². The normalized spacial score (nSPS) is 20.7. The summed E-state index contributed by atoms with van der Waals surface area (Å²) in [5.74, 6) is -0.620. The van der Waals surface area contributed by atoms with E-state index in [0.717, 1.165) is 0 Å². The van der Waals surface area contributed by atoms with Gasteiger partial charge >= 0.3 is 6.09 Å². The number of carbonyl (C=O) groups is 3. The van der Waals surface area contributed by atoms with Gasteiger partial charge in [0.05, 0.1) is 23.7 Å². The summed E-state index contributed by atoms with van der Waals surface area (Å²) >= 11 is 0. The van der Waals surface area contributed by atoms with Crippen LogP contribution in [0.2, 0.25) is 0 Å². The van der Waals surface area contributed by atoms with Gasteiger partial charge in [0.15, 0.2) is 0 Å². The number of amides is 3. The van der Waals surface area contributed by atoms with Crippen LogP contribution in [0.15, 0.2) is 24.3 Å². The summed E-state index contributed by atoms with van der Waals surface area (Å²) in [6.07, 6.45) is -0.421. The molecule has 1 aromatic rings. The van der Waals surface area contributed by atoms with Gasteiger partial charge in [0.1, 0.15) is 5.60 Å². The van der Waals surface area contributed by atoms with Crippen molar-refractivity contribution in [1.82, 2.24) is 15.1 Å². The van der Waals surface area contributed by atoms with Crippen molar-refractivity contribution < 1.29 is 19.1 Å². The van der Waals surface area contributed by atoms with Gasteiger partial charge in [-0.1, -0.05) is 12.1 Å². The highest BCUT2D eigenvalue weighted by Gasteiger charge is 2.39. The van der Waals surface area contributed by atoms with Crippen molar-refractivity contribution in [1.29, 1.82) is 0 Å². The summed E-state index contributed by atoms with van der Waals surface area (Å²) in [4.78, 5) is 40.4. The van der Waals surface area contributed by atoms with E-state index in [2.05, 4.69) is 5.32 Å². The Kier molecular flexibility index (Phi) is 4.51.